The Labute approximate surface area is 163 Å². The van der Waals surface area contributed by atoms with Crippen molar-refractivity contribution in [2.75, 3.05) is 16.7 Å². The number of ether oxygens (including phenoxy) is 1. The summed E-state index contributed by atoms with van der Waals surface area (Å²) in [5, 5.41) is -0.0842. The Morgan fingerprint density at radius 2 is 2.00 bits per heavy atom. The van der Waals surface area contributed by atoms with E-state index >= 15 is 0 Å². The summed E-state index contributed by atoms with van der Waals surface area (Å²) in [5.74, 6) is -0.836. The van der Waals surface area contributed by atoms with Crippen LogP contribution in [0.3, 0.4) is 0 Å². The molecule has 0 saturated heterocycles. The molecule has 0 spiro atoms. The number of nitrogens with zero attached hydrogens (tertiary/aromatic N) is 1. The van der Waals surface area contributed by atoms with Gasteiger partial charge in [0, 0.05) is 11.5 Å². The molecule has 0 fully saturated rings. The third-order valence-electron chi connectivity index (χ3n) is 3.80. The smallest absolute Gasteiger partial charge is 0.267 e. The van der Waals surface area contributed by atoms with Crippen LogP contribution in [-0.2, 0) is 14.8 Å². The summed E-state index contributed by atoms with van der Waals surface area (Å²) in [6, 6.07) is 6.25. The number of fused-ring (bicyclic) bond motifs is 1. The van der Waals surface area contributed by atoms with Crippen LogP contribution in [0.15, 0.2) is 39.7 Å². The molecule has 2 aromatic rings. The summed E-state index contributed by atoms with van der Waals surface area (Å²) in [7, 11) is -2.59. The normalized spacial score (nSPS) is 16.9. The van der Waals surface area contributed by atoms with Crippen molar-refractivity contribution >= 4 is 54.8 Å². The van der Waals surface area contributed by atoms with Crippen LogP contribution < -0.4 is 14.4 Å². The number of nitrogens with one attached hydrogen (secondary N) is 1. The minimum Gasteiger partial charge on any atom is -0.477 e. The number of amides is 1. The van der Waals surface area contributed by atoms with Crippen molar-refractivity contribution in [2.45, 2.75) is 17.9 Å². The highest BCUT2D eigenvalue weighted by Gasteiger charge is 2.34. The zero-order valence-electron chi connectivity index (χ0n) is 13.6. The third kappa shape index (κ3) is 3.38. The first-order chi connectivity index (χ1) is 12.1. The first-order valence-corrected chi connectivity index (χ1v) is 10.0. The fraction of sp³-hybridized carbons (Fsp3) is 0.188. The Hall–Kier alpha value is -1.84. The van der Waals surface area contributed by atoms with E-state index in [1.807, 2.05) is 0 Å². The first kappa shape index (κ1) is 18.9. The van der Waals surface area contributed by atoms with E-state index in [-0.39, 0.29) is 27.3 Å². The maximum absolute atomic E-state index is 13.2. The third-order valence-corrected chi connectivity index (χ3v) is 5.94. The summed E-state index contributed by atoms with van der Waals surface area (Å²) in [6.45, 7) is 1.53. The summed E-state index contributed by atoms with van der Waals surface area (Å²) in [6.07, 6.45) is -0.836. The average molecular weight is 464 g/mol. The van der Waals surface area contributed by atoms with E-state index in [0.29, 0.717) is 10.2 Å². The number of sulfonamides is 1. The minimum atomic E-state index is -4.13. The Morgan fingerprint density at radius 3 is 2.65 bits per heavy atom. The Morgan fingerprint density at radius 1 is 1.31 bits per heavy atom. The maximum Gasteiger partial charge on any atom is 0.267 e. The van der Waals surface area contributed by atoms with Crippen LogP contribution in [0.2, 0.25) is 5.02 Å². The molecular weight excluding hydrogens is 451 g/mol. The molecule has 0 radical (unpaired) electrons. The van der Waals surface area contributed by atoms with Gasteiger partial charge >= 0.3 is 0 Å². The number of likely N-dealkylation sites (N-methyl/N-ethyl adjacent to an activating group) is 1. The van der Waals surface area contributed by atoms with Crippen molar-refractivity contribution in [1.29, 1.82) is 0 Å². The van der Waals surface area contributed by atoms with Gasteiger partial charge in [-0.3, -0.25) is 9.52 Å². The van der Waals surface area contributed by atoms with Crippen LogP contribution in [-0.4, -0.2) is 27.5 Å². The number of halogens is 3. The molecule has 6 nitrogen and oxygen atoms in total. The molecule has 2 aromatic carbocycles. The van der Waals surface area contributed by atoms with Crippen molar-refractivity contribution in [3.8, 4) is 5.75 Å². The molecular formula is C16H13BrClFN2O4S. The zero-order valence-corrected chi connectivity index (χ0v) is 16.7. The van der Waals surface area contributed by atoms with Gasteiger partial charge in [-0.2, -0.15) is 0 Å². The monoisotopic (exact) mass is 462 g/mol. The molecule has 138 valence electrons. The lowest BCUT2D eigenvalue weighted by Gasteiger charge is -2.31. The van der Waals surface area contributed by atoms with Gasteiger partial charge in [-0.1, -0.05) is 27.5 Å². The van der Waals surface area contributed by atoms with Crippen molar-refractivity contribution in [2.24, 2.45) is 0 Å². The molecule has 3 rings (SSSR count). The summed E-state index contributed by atoms with van der Waals surface area (Å²) >= 11 is 9.15. The molecule has 0 aliphatic carbocycles. The molecule has 26 heavy (non-hydrogen) atoms. The predicted octanol–water partition coefficient (Wildman–Crippen LogP) is 3.79. The van der Waals surface area contributed by atoms with E-state index < -0.39 is 21.9 Å². The second-order valence-electron chi connectivity index (χ2n) is 5.64. The molecule has 0 saturated carbocycles. The van der Waals surface area contributed by atoms with Gasteiger partial charge in [0.15, 0.2) is 11.9 Å². The van der Waals surface area contributed by atoms with Crippen LogP contribution in [0.5, 0.6) is 5.75 Å². The number of benzene rings is 2. The quantitative estimate of drug-likeness (QED) is 0.751. The molecule has 1 heterocycles. The lowest BCUT2D eigenvalue weighted by molar-refractivity contribution is -0.125. The van der Waals surface area contributed by atoms with Gasteiger partial charge < -0.3 is 9.64 Å². The number of hydrogen-bond donors (Lipinski definition) is 1. The molecule has 1 unspecified atom stereocenters. The van der Waals surface area contributed by atoms with Crippen LogP contribution in [0.1, 0.15) is 6.92 Å². The fourth-order valence-corrected chi connectivity index (χ4v) is 4.64. The van der Waals surface area contributed by atoms with Crippen LogP contribution in [0.25, 0.3) is 0 Å². The van der Waals surface area contributed by atoms with Gasteiger partial charge in [0.2, 0.25) is 0 Å². The van der Waals surface area contributed by atoms with Gasteiger partial charge in [-0.25, -0.2) is 12.8 Å². The van der Waals surface area contributed by atoms with E-state index in [0.717, 1.165) is 12.1 Å². The molecule has 0 bridgehead atoms. The number of anilines is 2. The highest BCUT2D eigenvalue weighted by atomic mass is 79.9. The highest BCUT2D eigenvalue weighted by molar-refractivity contribution is 9.10. The molecule has 0 aromatic heterocycles. The summed E-state index contributed by atoms with van der Waals surface area (Å²) in [4.78, 5) is 13.3. The van der Waals surface area contributed by atoms with Gasteiger partial charge in [0.05, 0.1) is 16.4 Å². The Bertz CT molecular complexity index is 1020. The molecule has 1 aliphatic heterocycles. The number of carbonyl (C=O) groups is 1. The Balaban J connectivity index is 2.11. The number of hydrogen-bond acceptors (Lipinski definition) is 4. The lowest BCUT2D eigenvalue weighted by Crippen LogP contribution is -2.42. The second kappa shape index (κ2) is 6.71. The van der Waals surface area contributed by atoms with Gasteiger partial charge in [-0.05, 0) is 37.3 Å². The minimum absolute atomic E-state index is 0.0232. The first-order valence-electron chi connectivity index (χ1n) is 7.36. The van der Waals surface area contributed by atoms with Crippen molar-refractivity contribution in [3.05, 3.63) is 45.6 Å². The average Bonchev–Trinajstić information content (AvgIpc) is 2.55. The van der Waals surface area contributed by atoms with E-state index in [4.69, 9.17) is 16.3 Å². The van der Waals surface area contributed by atoms with E-state index in [1.165, 1.54) is 31.0 Å². The van der Waals surface area contributed by atoms with Gasteiger partial charge in [-0.15, -0.1) is 0 Å². The lowest BCUT2D eigenvalue weighted by atomic mass is 10.2. The van der Waals surface area contributed by atoms with Crippen molar-refractivity contribution < 1.29 is 22.3 Å². The SMILES string of the molecule is CC1Oc2c(cc(Br)cc2S(=O)(=O)Nc2ccc(F)cc2Cl)N(C)C1=O. The predicted molar refractivity (Wildman–Crippen MR) is 99.9 cm³/mol. The fourth-order valence-electron chi connectivity index (χ4n) is 2.51. The van der Waals surface area contributed by atoms with Gasteiger partial charge in [0.1, 0.15) is 10.7 Å². The molecule has 1 atom stereocenters. The van der Waals surface area contributed by atoms with Crippen molar-refractivity contribution in [3.63, 3.8) is 0 Å². The maximum atomic E-state index is 13.2. The van der Waals surface area contributed by atoms with E-state index in [2.05, 4.69) is 20.7 Å². The summed E-state index contributed by atoms with van der Waals surface area (Å²) < 4.78 is 47.3. The second-order valence-corrected chi connectivity index (χ2v) is 8.61. The van der Waals surface area contributed by atoms with Crippen LogP contribution >= 0.6 is 27.5 Å². The highest BCUT2D eigenvalue weighted by Crippen LogP contribution is 2.42. The van der Waals surface area contributed by atoms with E-state index in [1.54, 1.807) is 6.07 Å². The molecule has 1 amide bonds. The number of rotatable bonds is 3. The molecule has 10 heteroatoms. The Kier molecular flexibility index (Phi) is 4.89. The standard InChI is InChI=1S/C16H13BrClFN2O4S/c1-8-16(22)21(2)13-5-9(17)6-14(15(13)25-8)26(23,24)20-12-4-3-10(19)7-11(12)18/h3-8,20H,1-2H3. The molecule has 1 N–H and O–H groups in total. The largest absolute Gasteiger partial charge is 0.477 e. The van der Waals surface area contributed by atoms with Crippen LogP contribution in [0.4, 0.5) is 15.8 Å². The van der Waals surface area contributed by atoms with Gasteiger partial charge in [0.25, 0.3) is 15.9 Å². The zero-order chi connectivity index (χ0) is 19.2. The topological polar surface area (TPSA) is 75.7 Å². The van der Waals surface area contributed by atoms with Crippen LogP contribution in [0, 0.1) is 5.82 Å². The molecule has 1 aliphatic rings. The summed E-state index contributed by atoms with van der Waals surface area (Å²) in [5.41, 5.74) is 0.336. The number of carbonyl (C=O) groups excluding carboxylic acids is 1. The van der Waals surface area contributed by atoms with E-state index in [9.17, 15) is 17.6 Å². The van der Waals surface area contributed by atoms with Crippen molar-refractivity contribution in [1.82, 2.24) is 0 Å².